The number of hydrogen-bond acceptors (Lipinski definition) is 6. The number of fused-ring (bicyclic) bond motifs is 1. The van der Waals surface area contributed by atoms with Crippen LogP contribution in [0.15, 0.2) is 59.0 Å². The molecule has 3 nitrogen and oxygen atoms in total. The first kappa shape index (κ1) is 41.2. The van der Waals surface area contributed by atoms with Gasteiger partial charge in [0, 0.05) is 63.7 Å². The van der Waals surface area contributed by atoms with Crippen LogP contribution in [0.1, 0.15) is 99.9 Å². The van der Waals surface area contributed by atoms with Gasteiger partial charge in [-0.05, 0) is 71.0 Å². The number of halogens is 6. The van der Waals surface area contributed by atoms with Gasteiger partial charge in [0.25, 0.3) is 0 Å². The zero-order chi connectivity index (χ0) is 42.2. The van der Waals surface area contributed by atoms with Gasteiger partial charge >= 0.3 is 17.8 Å². The van der Waals surface area contributed by atoms with Crippen molar-refractivity contribution in [3.8, 4) is 42.3 Å². The van der Waals surface area contributed by atoms with Gasteiger partial charge in [0.2, 0.25) is 0 Å². The third kappa shape index (κ3) is 6.45. The minimum atomic E-state index is -5.88. The number of thiophene rings is 3. The Hall–Kier alpha value is -4.00. The molecule has 4 aromatic heterocycles. The van der Waals surface area contributed by atoms with Crippen molar-refractivity contribution >= 4 is 56.1 Å². The lowest BCUT2D eigenvalue weighted by atomic mass is 9.86. The average molecular weight is 843 g/mol. The van der Waals surface area contributed by atoms with E-state index in [9.17, 15) is 10.2 Å². The van der Waals surface area contributed by atoms with Crippen LogP contribution in [0.3, 0.4) is 0 Å². The summed E-state index contributed by atoms with van der Waals surface area (Å²) in [5, 5.41) is 20.7. The largest absolute Gasteiger partial charge is 0.504 e. The van der Waals surface area contributed by atoms with Crippen LogP contribution in [0.25, 0.3) is 52.9 Å². The summed E-state index contributed by atoms with van der Waals surface area (Å²) in [6.45, 7) is 21.7. The summed E-state index contributed by atoms with van der Waals surface area (Å²) in [6.07, 6.45) is 0. The summed E-state index contributed by atoms with van der Waals surface area (Å²) in [7, 11) is 0. The quantitative estimate of drug-likeness (QED) is 0.134. The van der Waals surface area contributed by atoms with E-state index >= 15 is 26.3 Å². The lowest BCUT2D eigenvalue weighted by molar-refractivity contribution is -0.254. The molecule has 0 amide bonds. The summed E-state index contributed by atoms with van der Waals surface area (Å²) >= 11 is 3.87. The summed E-state index contributed by atoms with van der Waals surface area (Å²) in [4.78, 5) is 3.78. The summed E-state index contributed by atoms with van der Waals surface area (Å²) in [5.74, 6) is -18.5. The minimum Gasteiger partial charge on any atom is -0.504 e. The fourth-order valence-corrected chi connectivity index (χ4v) is 11.1. The van der Waals surface area contributed by atoms with Crippen LogP contribution in [0, 0.1) is 13.8 Å². The highest BCUT2D eigenvalue weighted by Crippen LogP contribution is 2.68. The molecule has 0 atom stereocenters. The number of hydrogen-bond donors (Lipinski definition) is 2. The molecule has 2 aromatic carbocycles. The molecule has 1 aliphatic carbocycles. The van der Waals surface area contributed by atoms with Crippen LogP contribution < -0.4 is 0 Å². The molecule has 0 saturated heterocycles. The van der Waals surface area contributed by atoms with E-state index < -0.39 is 51.5 Å². The fraction of sp³-hybridized carbons (Fsp3) is 0.378. The molecule has 1 aliphatic rings. The van der Waals surface area contributed by atoms with Crippen LogP contribution >= 0.6 is 34.0 Å². The number of aromatic hydroxyl groups is 2. The first-order valence-corrected chi connectivity index (χ1v) is 20.9. The Morgan fingerprint density at radius 3 is 1.61 bits per heavy atom. The van der Waals surface area contributed by atoms with Crippen molar-refractivity contribution in [3.05, 3.63) is 92.2 Å². The van der Waals surface area contributed by atoms with Crippen molar-refractivity contribution in [2.45, 2.75) is 110 Å². The highest BCUT2D eigenvalue weighted by atomic mass is 32.1. The third-order valence-electron chi connectivity index (χ3n) is 10.5. The molecular weight excluding hydrogens is 799 g/mol. The Kier molecular flexibility index (Phi) is 9.39. The van der Waals surface area contributed by atoms with Gasteiger partial charge in [-0.3, -0.25) is 0 Å². The number of aryl methyl sites for hydroxylation is 2. The summed E-state index contributed by atoms with van der Waals surface area (Å²) in [5.41, 5.74) is -2.96. The lowest BCUT2D eigenvalue weighted by Crippen LogP contribution is -2.48. The Labute approximate surface area is 340 Å². The van der Waals surface area contributed by atoms with E-state index in [-0.39, 0.29) is 43.4 Å². The second kappa shape index (κ2) is 13.0. The van der Waals surface area contributed by atoms with Gasteiger partial charge in [-0.2, -0.15) is 26.3 Å². The zero-order valence-electron chi connectivity index (χ0n) is 33.5. The molecule has 0 fully saturated rings. The number of alkyl halides is 6. The lowest BCUT2D eigenvalue weighted by Gasteiger charge is -2.26. The normalized spacial score (nSPS) is 17.0. The standard InChI is InChI=1S/C45H44F6O3S3/c1-21-16-31(41(6,7)8)56-37(21)30-19-26(39(55-30)38-22(2)17-32(57-38)42(9,10)11)34-35(44(48,49)45(50,51)43(34,46)47)33-25-18-27(52)28(53)20-29(25)54-36(33)23-12-14-24(15-13-23)40(3,4)5/h12-20,52-53H,1-11H3. The van der Waals surface area contributed by atoms with Crippen LogP contribution in [-0.4, -0.2) is 28.0 Å². The smallest absolute Gasteiger partial charge is 0.380 e. The van der Waals surface area contributed by atoms with Crippen molar-refractivity contribution in [1.29, 1.82) is 0 Å². The van der Waals surface area contributed by atoms with Crippen LogP contribution in [0.2, 0.25) is 0 Å². The Bertz CT molecular complexity index is 2590. The second-order valence-corrected chi connectivity index (χ2v) is 21.2. The van der Waals surface area contributed by atoms with E-state index in [1.165, 1.54) is 28.7 Å². The second-order valence-electron chi connectivity index (χ2n) is 18.0. The van der Waals surface area contributed by atoms with Crippen molar-refractivity contribution < 1.29 is 41.0 Å². The van der Waals surface area contributed by atoms with Gasteiger partial charge in [-0.25, -0.2) is 0 Å². The Morgan fingerprint density at radius 2 is 1.09 bits per heavy atom. The van der Waals surface area contributed by atoms with E-state index in [0.29, 0.717) is 15.3 Å². The predicted molar refractivity (Wildman–Crippen MR) is 223 cm³/mol. The Morgan fingerprint density at radius 1 is 0.579 bits per heavy atom. The molecule has 57 heavy (non-hydrogen) atoms. The molecule has 0 radical (unpaired) electrons. The van der Waals surface area contributed by atoms with Gasteiger partial charge < -0.3 is 14.6 Å². The van der Waals surface area contributed by atoms with Crippen LogP contribution in [-0.2, 0) is 16.2 Å². The van der Waals surface area contributed by atoms with Crippen molar-refractivity contribution in [2.75, 3.05) is 0 Å². The van der Waals surface area contributed by atoms with Crippen molar-refractivity contribution in [1.82, 2.24) is 0 Å². The van der Waals surface area contributed by atoms with E-state index in [2.05, 4.69) is 0 Å². The zero-order valence-corrected chi connectivity index (χ0v) is 35.9. The SMILES string of the molecule is Cc1cc(C(C)(C)C)sc1-c1cc(C2=C(c3c(-c4ccc(C(C)(C)C)cc4)oc4cc(O)c(O)cc34)C(F)(F)C(F)(F)C2(F)F)c(-c2sc(C(C)(C)C)cc2C)s1. The molecule has 0 aliphatic heterocycles. The fourth-order valence-electron chi connectivity index (χ4n) is 7.14. The predicted octanol–water partition coefficient (Wildman–Crippen LogP) is 15.4. The molecule has 12 heteroatoms. The molecule has 4 heterocycles. The molecule has 2 N–H and O–H groups in total. The summed E-state index contributed by atoms with van der Waals surface area (Å²) < 4.78 is 106. The number of benzene rings is 2. The highest BCUT2D eigenvalue weighted by Gasteiger charge is 2.81. The Balaban J connectivity index is 1.64. The molecule has 302 valence electrons. The van der Waals surface area contributed by atoms with E-state index in [1.807, 2.05) is 81.4 Å². The topological polar surface area (TPSA) is 53.6 Å². The average Bonchev–Trinajstić information content (AvgIpc) is 3.87. The van der Waals surface area contributed by atoms with Gasteiger partial charge in [-0.1, -0.05) is 86.6 Å². The first-order valence-electron chi connectivity index (χ1n) is 18.4. The first-order chi connectivity index (χ1) is 26.1. The minimum absolute atomic E-state index is 0.147. The van der Waals surface area contributed by atoms with Gasteiger partial charge in [0.05, 0.1) is 4.88 Å². The van der Waals surface area contributed by atoms with E-state index in [0.717, 1.165) is 49.2 Å². The number of phenolic OH excluding ortho intramolecular Hbond substituents is 2. The maximum Gasteiger partial charge on any atom is 0.380 e. The number of furan rings is 1. The van der Waals surface area contributed by atoms with Crippen molar-refractivity contribution in [3.63, 3.8) is 0 Å². The molecule has 6 aromatic rings. The number of rotatable bonds is 5. The van der Waals surface area contributed by atoms with E-state index in [1.54, 1.807) is 31.2 Å². The molecule has 0 bridgehead atoms. The molecule has 0 spiro atoms. The van der Waals surface area contributed by atoms with Crippen molar-refractivity contribution in [2.24, 2.45) is 0 Å². The van der Waals surface area contributed by atoms with Crippen LogP contribution in [0.4, 0.5) is 26.3 Å². The molecule has 0 unspecified atom stereocenters. The van der Waals surface area contributed by atoms with E-state index in [4.69, 9.17) is 4.42 Å². The number of phenols is 2. The van der Waals surface area contributed by atoms with Gasteiger partial charge in [0.1, 0.15) is 11.3 Å². The maximum absolute atomic E-state index is 16.9. The monoisotopic (exact) mass is 842 g/mol. The summed E-state index contributed by atoms with van der Waals surface area (Å²) in [6, 6.07) is 13.6. The van der Waals surface area contributed by atoms with Crippen LogP contribution in [0.5, 0.6) is 11.5 Å². The van der Waals surface area contributed by atoms with Gasteiger partial charge in [-0.15, -0.1) is 34.0 Å². The molecular formula is C45H44F6O3S3. The third-order valence-corrected chi connectivity index (χ3v) is 15.3. The number of allylic oxidation sites excluding steroid dienone is 2. The molecule has 0 saturated carbocycles. The van der Waals surface area contributed by atoms with Gasteiger partial charge in [0.15, 0.2) is 11.5 Å². The highest BCUT2D eigenvalue weighted by molar-refractivity contribution is 7.27. The maximum atomic E-state index is 16.9. The molecule has 7 rings (SSSR count).